The van der Waals surface area contributed by atoms with E-state index in [1.807, 2.05) is 59.3 Å². The molecular formula is C18H16N4O2S. The maximum Gasteiger partial charge on any atom is 0.276 e. The van der Waals surface area contributed by atoms with Gasteiger partial charge in [0.15, 0.2) is 0 Å². The van der Waals surface area contributed by atoms with Gasteiger partial charge >= 0.3 is 0 Å². The highest BCUT2D eigenvalue weighted by Gasteiger charge is 2.09. The average Bonchev–Trinajstić information content (AvgIpc) is 3.26. The topological polar surface area (TPSA) is 65.5 Å². The third-order valence-electron chi connectivity index (χ3n) is 3.72. The molecule has 126 valence electrons. The van der Waals surface area contributed by atoms with E-state index in [0.717, 1.165) is 22.7 Å². The number of nitrogens with zero attached hydrogens (tertiary/aromatic N) is 4. The first-order valence-electron chi connectivity index (χ1n) is 7.81. The molecule has 4 aromatic rings. The fraction of sp³-hybridized carbons (Fsp3) is 0.167. The Morgan fingerprint density at radius 1 is 1.12 bits per heavy atom. The number of thioether (sulfide) groups is 1. The van der Waals surface area contributed by atoms with E-state index < -0.39 is 0 Å². The maximum absolute atomic E-state index is 5.71. The van der Waals surface area contributed by atoms with Gasteiger partial charge in [-0.15, -0.1) is 10.2 Å². The molecule has 6 nitrogen and oxygen atoms in total. The van der Waals surface area contributed by atoms with Crippen LogP contribution in [0, 0.1) is 0 Å². The molecule has 0 amide bonds. The number of hydrogen-bond acceptors (Lipinski definition) is 6. The Morgan fingerprint density at radius 2 is 2.00 bits per heavy atom. The van der Waals surface area contributed by atoms with Crippen LogP contribution in [0.15, 0.2) is 64.5 Å². The smallest absolute Gasteiger partial charge is 0.276 e. The van der Waals surface area contributed by atoms with Crippen LogP contribution in [-0.2, 0) is 12.2 Å². The Labute approximate surface area is 148 Å². The van der Waals surface area contributed by atoms with E-state index in [1.165, 1.54) is 11.8 Å². The standard InChI is InChI=1S/C18H16N4O2S/c1-23-15-7-5-13(6-8-15)10-17-20-21-18(24-17)25-12-14-11-22-9-3-2-4-16(22)19-14/h2-9,11H,10,12H2,1H3. The lowest BCUT2D eigenvalue weighted by Crippen LogP contribution is -1.89. The molecule has 3 aromatic heterocycles. The average molecular weight is 352 g/mol. The number of benzene rings is 1. The van der Waals surface area contributed by atoms with Crippen LogP contribution in [-0.4, -0.2) is 26.7 Å². The van der Waals surface area contributed by atoms with Crippen molar-refractivity contribution in [2.75, 3.05) is 7.11 Å². The van der Waals surface area contributed by atoms with Gasteiger partial charge < -0.3 is 13.6 Å². The number of pyridine rings is 1. The van der Waals surface area contributed by atoms with Crippen molar-refractivity contribution in [3.8, 4) is 5.75 Å². The summed E-state index contributed by atoms with van der Waals surface area (Å²) in [5.74, 6) is 2.12. The highest BCUT2D eigenvalue weighted by molar-refractivity contribution is 7.98. The molecule has 0 radical (unpaired) electrons. The van der Waals surface area contributed by atoms with E-state index in [0.29, 0.717) is 23.3 Å². The van der Waals surface area contributed by atoms with Crippen LogP contribution >= 0.6 is 11.8 Å². The lowest BCUT2D eigenvalue weighted by molar-refractivity contribution is 0.413. The molecule has 0 saturated heterocycles. The normalized spacial score (nSPS) is 11.1. The summed E-state index contributed by atoms with van der Waals surface area (Å²) in [5, 5.41) is 8.77. The zero-order valence-electron chi connectivity index (χ0n) is 13.6. The first kappa shape index (κ1) is 15.7. The Balaban J connectivity index is 1.38. The Hall–Kier alpha value is -2.80. The first-order chi connectivity index (χ1) is 12.3. The molecule has 0 N–H and O–H groups in total. The number of aromatic nitrogens is 4. The lowest BCUT2D eigenvalue weighted by Gasteiger charge is -2.00. The van der Waals surface area contributed by atoms with Gasteiger partial charge in [0.2, 0.25) is 5.89 Å². The summed E-state index contributed by atoms with van der Waals surface area (Å²) in [6.07, 6.45) is 4.60. The van der Waals surface area contributed by atoms with Crippen molar-refractivity contribution in [2.45, 2.75) is 17.4 Å². The molecule has 0 unspecified atom stereocenters. The van der Waals surface area contributed by atoms with Crippen LogP contribution in [0.5, 0.6) is 5.75 Å². The van der Waals surface area contributed by atoms with Crippen LogP contribution < -0.4 is 4.74 Å². The molecule has 0 aliphatic rings. The molecule has 0 fully saturated rings. The summed E-state index contributed by atoms with van der Waals surface area (Å²) in [5.41, 5.74) is 3.01. The van der Waals surface area contributed by atoms with E-state index in [9.17, 15) is 0 Å². The number of fused-ring (bicyclic) bond motifs is 1. The minimum Gasteiger partial charge on any atom is -0.497 e. The summed E-state index contributed by atoms with van der Waals surface area (Å²) in [7, 11) is 1.65. The van der Waals surface area contributed by atoms with Crippen molar-refractivity contribution < 1.29 is 9.15 Å². The van der Waals surface area contributed by atoms with Gasteiger partial charge in [-0.25, -0.2) is 4.98 Å². The zero-order valence-corrected chi connectivity index (χ0v) is 14.4. The molecule has 0 spiro atoms. The van der Waals surface area contributed by atoms with E-state index in [1.54, 1.807) is 7.11 Å². The molecule has 3 heterocycles. The predicted octanol–water partition coefficient (Wildman–Crippen LogP) is 3.61. The van der Waals surface area contributed by atoms with Gasteiger partial charge in [0.25, 0.3) is 5.22 Å². The second-order valence-electron chi connectivity index (χ2n) is 5.47. The molecule has 0 bridgehead atoms. The molecule has 0 saturated carbocycles. The Kier molecular flexibility index (Phi) is 4.39. The van der Waals surface area contributed by atoms with E-state index in [4.69, 9.17) is 9.15 Å². The summed E-state index contributed by atoms with van der Waals surface area (Å²) in [6, 6.07) is 13.8. The van der Waals surface area contributed by atoms with Gasteiger partial charge in [-0.3, -0.25) is 0 Å². The Bertz CT molecular complexity index is 945. The number of ether oxygens (including phenoxy) is 1. The monoisotopic (exact) mass is 352 g/mol. The number of methoxy groups -OCH3 is 1. The molecular weight excluding hydrogens is 336 g/mol. The highest BCUT2D eigenvalue weighted by atomic mass is 32.2. The summed E-state index contributed by atoms with van der Waals surface area (Å²) in [6.45, 7) is 0. The van der Waals surface area contributed by atoms with Gasteiger partial charge in [0.05, 0.1) is 19.2 Å². The van der Waals surface area contributed by atoms with Crippen molar-refractivity contribution >= 4 is 17.4 Å². The molecule has 0 aliphatic heterocycles. The van der Waals surface area contributed by atoms with Crippen LogP contribution in [0.25, 0.3) is 5.65 Å². The second-order valence-corrected chi connectivity index (χ2v) is 6.40. The predicted molar refractivity (Wildman–Crippen MR) is 94.9 cm³/mol. The Morgan fingerprint density at radius 3 is 2.80 bits per heavy atom. The molecule has 7 heteroatoms. The SMILES string of the molecule is COc1ccc(Cc2nnc(SCc3cn4ccccc4n3)o2)cc1. The fourth-order valence-corrected chi connectivity index (χ4v) is 3.14. The summed E-state index contributed by atoms with van der Waals surface area (Å²) in [4.78, 5) is 4.56. The molecule has 1 aromatic carbocycles. The van der Waals surface area contributed by atoms with Crippen molar-refractivity contribution in [1.82, 2.24) is 19.6 Å². The van der Waals surface area contributed by atoms with E-state index in [2.05, 4.69) is 15.2 Å². The van der Waals surface area contributed by atoms with Gasteiger partial charge in [0.1, 0.15) is 11.4 Å². The fourth-order valence-electron chi connectivity index (χ4n) is 2.48. The minimum atomic E-state index is 0.556. The molecule has 25 heavy (non-hydrogen) atoms. The zero-order chi connectivity index (χ0) is 17.1. The molecule has 4 rings (SSSR count). The van der Waals surface area contributed by atoms with Crippen molar-refractivity contribution in [2.24, 2.45) is 0 Å². The van der Waals surface area contributed by atoms with Gasteiger partial charge in [0, 0.05) is 18.1 Å². The number of imidazole rings is 1. The lowest BCUT2D eigenvalue weighted by atomic mass is 10.1. The first-order valence-corrected chi connectivity index (χ1v) is 8.79. The van der Waals surface area contributed by atoms with Crippen molar-refractivity contribution in [3.63, 3.8) is 0 Å². The van der Waals surface area contributed by atoms with Crippen LogP contribution in [0.3, 0.4) is 0 Å². The van der Waals surface area contributed by atoms with Crippen molar-refractivity contribution in [3.05, 3.63) is 72.0 Å². The third-order valence-corrected chi connectivity index (χ3v) is 4.57. The third kappa shape index (κ3) is 3.66. The second kappa shape index (κ2) is 6.98. The quantitative estimate of drug-likeness (QED) is 0.494. The largest absolute Gasteiger partial charge is 0.497 e. The van der Waals surface area contributed by atoms with Crippen LogP contribution in [0.2, 0.25) is 0 Å². The molecule has 0 atom stereocenters. The van der Waals surface area contributed by atoms with Gasteiger partial charge in [-0.1, -0.05) is 30.0 Å². The highest BCUT2D eigenvalue weighted by Crippen LogP contribution is 2.22. The summed E-state index contributed by atoms with van der Waals surface area (Å²) < 4.78 is 12.9. The minimum absolute atomic E-state index is 0.556. The maximum atomic E-state index is 5.71. The number of hydrogen-bond donors (Lipinski definition) is 0. The van der Waals surface area contributed by atoms with E-state index >= 15 is 0 Å². The summed E-state index contributed by atoms with van der Waals surface area (Å²) >= 11 is 1.49. The molecule has 0 aliphatic carbocycles. The van der Waals surface area contributed by atoms with E-state index in [-0.39, 0.29) is 0 Å². The van der Waals surface area contributed by atoms with Crippen LogP contribution in [0.1, 0.15) is 17.1 Å². The van der Waals surface area contributed by atoms with Gasteiger partial charge in [-0.2, -0.15) is 0 Å². The van der Waals surface area contributed by atoms with Gasteiger partial charge in [-0.05, 0) is 29.8 Å². The van der Waals surface area contributed by atoms with Crippen LogP contribution in [0.4, 0.5) is 0 Å². The van der Waals surface area contributed by atoms with Crippen molar-refractivity contribution in [1.29, 1.82) is 0 Å². The number of rotatable bonds is 6.